The fourth-order valence-corrected chi connectivity index (χ4v) is 2.20. The van der Waals surface area contributed by atoms with Crippen molar-refractivity contribution in [3.8, 4) is 11.5 Å². The van der Waals surface area contributed by atoms with Gasteiger partial charge in [0, 0.05) is 23.5 Å². The van der Waals surface area contributed by atoms with E-state index in [2.05, 4.69) is 6.58 Å². The minimum absolute atomic E-state index is 0.0270. The summed E-state index contributed by atoms with van der Waals surface area (Å²) in [7, 11) is 0. The van der Waals surface area contributed by atoms with Gasteiger partial charge in [-0.05, 0) is 19.1 Å². The van der Waals surface area contributed by atoms with E-state index in [-0.39, 0.29) is 20.0 Å². The molecule has 0 aromatic heterocycles. The van der Waals surface area contributed by atoms with Crippen molar-refractivity contribution in [2.45, 2.75) is 13.0 Å². The lowest BCUT2D eigenvalue weighted by Gasteiger charge is -2.17. The maximum atomic E-state index is 11.2. The van der Waals surface area contributed by atoms with E-state index in [1.807, 2.05) is 31.2 Å². The highest BCUT2D eigenvalue weighted by atomic mass is 16.7. The standard InChI is InChI=1S/C19H22O6/c1-3-19(21)25-14(11-20)12-23-17-9-10-18(24-13-22-4-2)16-8-6-5-7-15(16)17/h3,5-10,14,20H,1,4,11-13H2,2H3. The van der Waals surface area contributed by atoms with Crippen LogP contribution < -0.4 is 9.47 Å². The van der Waals surface area contributed by atoms with Crippen LogP contribution in [0, 0.1) is 0 Å². The zero-order valence-electron chi connectivity index (χ0n) is 14.1. The summed E-state index contributed by atoms with van der Waals surface area (Å²) in [5, 5.41) is 11.0. The molecule has 0 saturated heterocycles. The molecule has 1 unspecified atom stereocenters. The fraction of sp³-hybridized carbons (Fsp3) is 0.316. The summed E-state index contributed by atoms with van der Waals surface area (Å²) in [6.45, 7) is 5.66. The van der Waals surface area contributed by atoms with E-state index in [4.69, 9.17) is 18.9 Å². The lowest BCUT2D eigenvalue weighted by Crippen LogP contribution is -2.27. The average Bonchev–Trinajstić information content (AvgIpc) is 2.65. The van der Waals surface area contributed by atoms with Crippen molar-refractivity contribution in [3.05, 3.63) is 49.1 Å². The molecule has 6 nitrogen and oxygen atoms in total. The number of carbonyl (C=O) groups excluding carboxylic acids is 1. The maximum Gasteiger partial charge on any atom is 0.330 e. The first-order chi connectivity index (χ1) is 12.2. The Balaban J connectivity index is 2.14. The summed E-state index contributed by atoms with van der Waals surface area (Å²) in [5.74, 6) is 0.688. The van der Waals surface area contributed by atoms with E-state index in [1.54, 1.807) is 12.1 Å². The van der Waals surface area contributed by atoms with Gasteiger partial charge in [0.05, 0.1) is 6.61 Å². The zero-order chi connectivity index (χ0) is 18.1. The van der Waals surface area contributed by atoms with Crippen molar-refractivity contribution in [2.75, 3.05) is 26.6 Å². The molecule has 0 amide bonds. The summed E-state index contributed by atoms with van der Waals surface area (Å²) in [4.78, 5) is 11.2. The van der Waals surface area contributed by atoms with Crippen LogP contribution in [0.1, 0.15) is 6.92 Å². The number of benzene rings is 2. The van der Waals surface area contributed by atoms with E-state index in [0.29, 0.717) is 18.1 Å². The Morgan fingerprint density at radius 2 is 1.80 bits per heavy atom. The molecular formula is C19H22O6. The maximum absolute atomic E-state index is 11.2. The normalized spacial score (nSPS) is 11.8. The van der Waals surface area contributed by atoms with Crippen molar-refractivity contribution in [1.29, 1.82) is 0 Å². The topological polar surface area (TPSA) is 74.2 Å². The summed E-state index contributed by atoms with van der Waals surface area (Å²) in [5.41, 5.74) is 0. The first-order valence-corrected chi connectivity index (χ1v) is 7.98. The molecule has 2 aromatic rings. The molecule has 2 aromatic carbocycles. The van der Waals surface area contributed by atoms with Gasteiger partial charge in [0.25, 0.3) is 0 Å². The molecule has 0 radical (unpaired) electrons. The molecule has 0 saturated carbocycles. The predicted octanol–water partition coefficient (Wildman–Crippen LogP) is 2.68. The number of aliphatic hydroxyl groups is 1. The Morgan fingerprint density at radius 3 is 2.36 bits per heavy atom. The number of fused-ring (bicyclic) bond motifs is 1. The molecule has 1 atom stereocenters. The van der Waals surface area contributed by atoms with Gasteiger partial charge in [-0.3, -0.25) is 0 Å². The Kier molecular flexibility index (Phi) is 7.25. The zero-order valence-corrected chi connectivity index (χ0v) is 14.1. The van der Waals surface area contributed by atoms with Crippen LogP contribution in [0.5, 0.6) is 11.5 Å². The van der Waals surface area contributed by atoms with Crippen molar-refractivity contribution in [2.24, 2.45) is 0 Å². The second-order valence-corrected chi connectivity index (χ2v) is 5.12. The molecule has 0 bridgehead atoms. The summed E-state index contributed by atoms with van der Waals surface area (Å²) >= 11 is 0. The van der Waals surface area contributed by atoms with Gasteiger partial charge in [-0.15, -0.1) is 0 Å². The number of carbonyl (C=O) groups is 1. The van der Waals surface area contributed by atoms with Crippen molar-refractivity contribution < 1.29 is 28.8 Å². The summed E-state index contributed by atoms with van der Waals surface area (Å²) < 4.78 is 21.6. The second-order valence-electron chi connectivity index (χ2n) is 5.12. The van der Waals surface area contributed by atoms with E-state index in [0.717, 1.165) is 16.8 Å². The quantitative estimate of drug-likeness (QED) is 0.309. The monoisotopic (exact) mass is 346 g/mol. The van der Waals surface area contributed by atoms with Gasteiger partial charge in [0.15, 0.2) is 12.9 Å². The molecule has 25 heavy (non-hydrogen) atoms. The first kappa shape index (κ1) is 18.8. The number of rotatable bonds is 10. The van der Waals surface area contributed by atoms with Crippen LogP contribution in [0.4, 0.5) is 0 Å². The van der Waals surface area contributed by atoms with Crippen LogP contribution in [0.15, 0.2) is 49.1 Å². The van der Waals surface area contributed by atoms with Crippen molar-refractivity contribution >= 4 is 16.7 Å². The minimum Gasteiger partial charge on any atom is -0.489 e. The minimum atomic E-state index is -0.766. The Morgan fingerprint density at radius 1 is 1.16 bits per heavy atom. The Bertz CT molecular complexity index is 712. The van der Waals surface area contributed by atoms with Crippen LogP contribution in [-0.2, 0) is 14.3 Å². The largest absolute Gasteiger partial charge is 0.489 e. The third-order valence-electron chi connectivity index (χ3n) is 3.42. The van der Waals surface area contributed by atoms with Crippen LogP contribution in [0.3, 0.4) is 0 Å². The third kappa shape index (κ3) is 5.20. The molecule has 0 fully saturated rings. The average molecular weight is 346 g/mol. The van der Waals surface area contributed by atoms with Crippen LogP contribution in [-0.4, -0.2) is 43.8 Å². The van der Waals surface area contributed by atoms with Gasteiger partial charge in [-0.1, -0.05) is 30.8 Å². The van der Waals surface area contributed by atoms with E-state index < -0.39 is 12.1 Å². The lowest BCUT2D eigenvalue weighted by molar-refractivity contribution is -0.146. The van der Waals surface area contributed by atoms with Gasteiger partial charge in [-0.2, -0.15) is 0 Å². The molecule has 134 valence electrons. The SMILES string of the molecule is C=CC(=O)OC(CO)COc1ccc(OCOCC)c2ccccc12. The number of ether oxygens (including phenoxy) is 4. The first-order valence-electron chi connectivity index (χ1n) is 7.98. The second kappa shape index (κ2) is 9.66. The van der Waals surface area contributed by atoms with Gasteiger partial charge in [0.2, 0.25) is 0 Å². The highest BCUT2D eigenvalue weighted by Crippen LogP contribution is 2.33. The number of hydrogen-bond acceptors (Lipinski definition) is 6. The van der Waals surface area contributed by atoms with Gasteiger partial charge in [-0.25, -0.2) is 4.79 Å². The molecule has 0 spiro atoms. The number of esters is 1. The molecular weight excluding hydrogens is 324 g/mol. The highest BCUT2D eigenvalue weighted by molar-refractivity contribution is 5.93. The molecule has 1 N–H and O–H groups in total. The number of hydrogen-bond donors (Lipinski definition) is 1. The van der Waals surface area contributed by atoms with E-state index >= 15 is 0 Å². The predicted molar refractivity (Wildman–Crippen MR) is 93.7 cm³/mol. The molecule has 0 aliphatic heterocycles. The smallest absolute Gasteiger partial charge is 0.330 e. The summed E-state index contributed by atoms with van der Waals surface area (Å²) in [6, 6.07) is 11.2. The number of aliphatic hydroxyl groups excluding tert-OH is 1. The van der Waals surface area contributed by atoms with Gasteiger partial charge < -0.3 is 24.1 Å². The molecule has 0 aliphatic rings. The lowest BCUT2D eigenvalue weighted by atomic mass is 10.1. The van der Waals surface area contributed by atoms with E-state index in [9.17, 15) is 9.90 Å². The van der Waals surface area contributed by atoms with Crippen LogP contribution in [0.2, 0.25) is 0 Å². The van der Waals surface area contributed by atoms with Gasteiger partial charge >= 0.3 is 5.97 Å². The molecule has 0 aliphatic carbocycles. The highest BCUT2D eigenvalue weighted by Gasteiger charge is 2.14. The van der Waals surface area contributed by atoms with E-state index in [1.165, 1.54) is 0 Å². The Labute approximate surface area is 146 Å². The van der Waals surface area contributed by atoms with Gasteiger partial charge in [0.1, 0.15) is 18.1 Å². The Hall–Kier alpha value is -2.57. The summed E-state index contributed by atoms with van der Waals surface area (Å²) in [6.07, 6.45) is 0.279. The molecule has 6 heteroatoms. The van der Waals surface area contributed by atoms with Crippen LogP contribution in [0.25, 0.3) is 10.8 Å². The van der Waals surface area contributed by atoms with Crippen LogP contribution >= 0.6 is 0 Å². The third-order valence-corrected chi connectivity index (χ3v) is 3.42. The van der Waals surface area contributed by atoms with Crippen molar-refractivity contribution in [1.82, 2.24) is 0 Å². The molecule has 2 rings (SSSR count). The molecule has 0 heterocycles. The fourth-order valence-electron chi connectivity index (χ4n) is 2.20. The van der Waals surface area contributed by atoms with Crippen molar-refractivity contribution in [3.63, 3.8) is 0 Å².